The Bertz CT molecular complexity index is 978. The number of aliphatic carboxylic acids is 1. The van der Waals surface area contributed by atoms with Crippen molar-refractivity contribution in [3.63, 3.8) is 0 Å². The molecule has 1 unspecified atom stereocenters. The molecule has 8 heteroatoms. The second-order valence-corrected chi connectivity index (χ2v) is 7.96. The predicted molar refractivity (Wildman–Crippen MR) is 116 cm³/mol. The van der Waals surface area contributed by atoms with Gasteiger partial charge in [-0.3, -0.25) is 4.79 Å². The van der Waals surface area contributed by atoms with Crippen LogP contribution in [-0.2, 0) is 19.1 Å². The Morgan fingerprint density at radius 1 is 1.09 bits per heavy atom. The van der Waals surface area contributed by atoms with Crippen molar-refractivity contribution in [3.8, 4) is 11.1 Å². The quantitative estimate of drug-likeness (QED) is 0.612. The molecule has 3 atom stereocenters. The third-order valence-corrected chi connectivity index (χ3v) is 6.02. The lowest BCUT2D eigenvalue weighted by Crippen LogP contribution is -2.52. The summed E-state index contributed by atoms with van der Waals surface area (Å²) in [6.45, 7) is 2.17. The molecule has 2 amide bonds. The Morgan fingerprint density at radius 3 is 2.31 bits per heavy atom. The maximum absolute atomic E-state index is 12.6. The Kier molecular flexibility index (Phi) is 6.41. The Morgan fingerprint density at radius 2 is 1.72 bits per heavy atom. The van der Waals surface area contributed by atoms with Crippen LogP contribution in [0.1, 0.15) is 36.8 Å². The van der Waals surface area contributed by atoms with Crippen molar-refractivity contribution in [2.75, 3.05) is 13.2 Å². The molecule has 0 aromatic heterocycles. The molecule has 0 spiro atoms. The molecule has 0 saturated carbocycles. The van der Waals surface area contributed by atoms with Gasteiger partial charge >= 0.3 is 12.1 Å². The van der Waals surface area contributed by atoms with Crippen LogP contribution in [0.4, 0.5) is 4.79 Å². The summed E-state index contributed by atoms with van der Waals surface area (Å²) in [7, 11) is 0. The highest BCUT2D eigenvalue weighted by Crippen LogP contribution is 2.44. The Hall–Kier alpha value is -3.39. The number of carboxylic acid groups (broad SMARTS) is 1. The van der Waals surface area contributed by atoms with Crippen LogP contribution in [0.3, 0.4) is 0 Å². The van der Waals surface area contributed by atoms with Crippen molar-refractivity contribution in [1.82, 2.24) is 10.6 Å². The molecule has 3 N–H and O–H groups in total. The van der Waals surface area contributed by atoms with Crippen LogP contribution in [-0.4, -0.2) is 54.5 Å². The van der Waals surface area contributed by atoms with Crippen molar-refractivity contribution in [3.05, 3.63) is 59.7 Å². The third kappa shape index (κ3) is 4.31. The van der Waals surface area contributed by atoms with E-state index in [9.17, 15) is 19.5 Å². The van der Waals surface area contributed by atoms with Gasteiger partial charge in [-0.1, -0.05) is 55.5 Å². The number of amides is 2. The zero-order valence-corrected chi connectivity index (χ0v) is 17.7. The number of alkyl carbamates (subject to hydrolysis) is 1. The number of carboxylic acids is 1. The molecule has 2 aromatic carbocycles. The van der Waals surface area contributed by atoms with Crippen molar-refractivity contribution < 1.29 is 29.0 Å². The summed E-state index contributed by atoms with van der Waals surface area (Å²) >= 11 is 0. The van der Waals surface area contributed by atoms with Gasteiger partial charge in [0.25, 0.3) is 0 Å². The highest BCUT2D eigenvalue weighted by atomic mass is 16.5. The molecule has 168 valence electrons. The van der Waals surface area contributed by atoms with Crippen LogP contribution in [0, 0.1) is 0 Å². The molecule has 4 rings (SSSR count). The summed E-state index contributed by atoms with van der Waals surface area (Å²) in [5, 5.41) is 14.5. The first kappa shape index (κ1) is 21.8. The third-order valence-electron chi connectivity index (χ3n) is 6.02. The number of hydrogen-bond acceptors (Lipinski definition) is 5. The largest absolute Gasteiger partial charge is 0.479 e. The molecular weight excluding hydrogens is 412 g/mol. The smallest absolute Gasteiger partial charge is 0.407 e. The fourth-order valence-electron chi connectivity index (χ4n) is 4.40. The fourth-order valence-corrected chi connectivity index (χ4v) is 4.40. The molecule has 2 aliphatic rings. The van der Waals surface area contributed by atoms with Gasteiger partial charge in [0.05, 0.1) is 6.04 Å². The number of carbonyl (C=O) groups excluding carboxylic acids is 2. The van der Waals surface area contributed by atoms with E-state index in [-0.39, 0.29) is 19.1 Å². The Labute approximate surface area is 185 Å². The van der Waals surface area contributed by atoms with Gasteiger partial charge in [0.2, 0.25) is 5.91 Å². The number of ether oxygens (including phenoxy) is 2. The van der Waals surface area contributed by atoms with E-state index in [4.69, 9.17) is 9.47 Å². The first-order chi connectivity index (χ1) is 15.5. The van der Waals surface area contributed by atoms with E-state index in [1.54, 1.807) is 6.92 Å². The van der Waals surface area contributed by atoms with E-state index < -0.39 is 36.2 Å². The minimum Gasteiger partial charge on any atom is -0.479 e. The summed E-state index contributed by atoms with van der Waals surface area (Å²) in [6.07, 6.45) is -1.02. The standard InChI is InChI=1S/C24H26N2O6/c1-2-19(22(27)25-20-11-12-31-21(20)23(28)29)26-24(30)32-13-18-16-9-5-3-7-14(16)15-8-4-6-10-17(15)18/h3-10,18-21H,2,11-13H2,1H3,(H,25,27)(H,26,30)(H,28,29)/t19?,20-,21+/m0/s1. The van der Waals surface area contributed by atoms with Gasteiger partial charge in [-0.05, 0) is 35.1 Å². The van der Waals surface area contributed by atoms with Crippen LogP contribution < -0.4 is 10.6 Å². The van der Waals surface area contributed by atoms with Crippen LogP contribution in [0.2, 0.25) is 0 Å². The molecular formula is C24H26N2O6. The monoisotopic (exact) mass is 438 g/mol. The Balaban J connectivity index is 1.36. The minimum absolute atomic E-state index is 0.0750. The van der Waals surface area contributed by atoms with Gasteiger partial charge in [0, 0.05) is 12.5 Å². The van der Waals surface area contributed by atoms with Crippen molar-refractivity contribution >= 4 is 18.0 Å². The second kappa shape index (κ2) is 9.40. The number of rotatable bonds is 7. The molecule has 0 bridgehead atoms. The summed E-state index contributed by atoms with van der Waals surface area (Å²) in [5.41, 5.74) is 4.48. The first-order valence-corrected chi connectivity index (χ1v) is 10.8. The van der Waals surface area contributed by atoms with Crippen molar-refractivity contribution in [2.45, 2.75) is 43.9 Å². The van der Waals surface area contributed by atoms with Gasteiger partial charge in [-0.25, -0.2) is 9.59 Å². The molecule has 1 heterocycles. The van der Waals surface area contributed by atoms with Crippen LogP contribution >= 0.6 is 0 Å². The van der Waals surface area contributed by atoms with E-state index in [1.807, 2.05) is 36.4 Å². The maximum Gasteiger partial charge on any atom is 0.407 e. The van der Waals surface area contributed by atoms with Gasteiger partial charge in [0.15, 0.2) is 6.10 Å². The fraction of sp³-hybridized carbons (Fsp3) is 0.375. The zero-order chi connectivity index (χ0) is 22.7. The lowest BCUT2D eigenvalue weighted by atomic mass is 9.98. The molecule has 8 nitrogen and oxygen atoms in total. The number of carbonyl (C=O) groups is 3. The van der Waals surface area contributed by atoms with E-state index in [0.29, 0.717) is 12.8 Å². The number of hydrogen-bond donors (Lipinski definition) is 3. The molecule has 1 fully saturated rings. The second-order valence-electron chi connectivity index (χ2n) is 7.96. The topological polar surface area (TPSA) is 114 Å². The normalized spacial score (nSPS) is 20.2. The number of fused-ring (bicyclic) bond motifs is 3. The average molecular weight is 438 g/mol. The van der Waals surface area contributed by atoms with Gasteiger partial charge in [0.1, 0.15) is 12.6 Å². The lowest BCUT2D eigenvalue weighted by Gasteiger charge is -2.22. The highest BCUT2D eigenvalue weighted by molar-refractivity contribution is 5.86. The van der Waals surface area contributed by atoms with Crippen molar-refractivity contribution in [1.29, 1.82) is 0 Å². The van der Waals surface area contributed by atoms with E-state index in [2.05, 4.69) is 22.8 Å². The average Bonchev–Trinajstić information content (AvgIpc) is 3.38. The summed E-state index contributed by atoms with van der Waals surface area (Å²) in [5.74, 6) is -1.65. The van der Waals surface area contributed by atoms with E-state index in [1.165, 1.54) is 0 Å². The van der Waals surface area contributed by atoms with Gasteiger partial charge in [-0.15, -0.1) is 0 Å². The summed E-state index contributed by atoms with van der Waals surface area (Å²) in [6, 6.07) is 14.6. The molecule has 0 radical (unpaired) electrons. The summed E-state index contributed by atoms with van der Waals surface area (Å²) < 4.78 is 10.7. The summed E-state index contributed by atoms with van der Waals surface area (Å²) in [4.78, 5) is 36.3. The van der Waals surface area contributed by atoms with Crippen LogP contribution in [0.15, 0.2) is 48.5 Å². The minimum atomic E-state index is -1.12. The molecule has 1 aliphatic carbocycles. The first-order valence-electron chi connectivity index (χ1n) is 10.8. The predicted octanol–water partition coefficient (Wildman–Crippen LogP) is 2.66. The van der Waals surface area contributed by atoms with E-state index in [0.717, 1.165) is 22.3 Å². The van der Waals surface area contributed by atoms with Crippen molar-refractivity contribution in [2.24, 2.45) is 0 Å². The molecule has 2 aromatic rings. The molecule has 1 saturated heterocycles. The van der Waals surface area contributed by atoms with E-state index >= 15 is 0 Å². The number of benzene rings is 2. The van der Waals surface area contributed by atoms with Crippen LogP contribution in [0.5, 0.6) is 0 Å². The highest BCUT2D eigenvalue weighted by Gasteiger charge is 2.36. The molecule has 1 aliphatic heterocycles. The van der Waals surface area contributed by atoms with Crippen LogP contribution in [0.25, 0.3) is 11.1 Å². The van der Waals surface area contributed by atoms with Gasteiger partial charge in [-0.2, -0.15) is 0 Å². The molecule has 32 heavy (non-hydrogen) atoms. The number of nitrogens with one attached hydrogen (secondary N) is 2. The lowest BCUT2D eigenvalue weighted by molar-refractivity contribution is -0.148. The zero-order valence-electron chi connectivity index (χ0n) is 17.7. The maximum atomic E-state index is 12.6. The SMILES string of the molecule is CCC(NC(=O)OCC1c2ccccc2-c2ccccc21)C(=O)N[C@H]1CCO[C@H]1C(=O)O. The van der Waals surface area contributed by atoms with Gasteiger partial charge < -0.3 is 25.2 Å².